The van der Waals surface area contributed by atoms with Gasteiger partial charge in [0, 0.05) is 6.20 Å². The van der Waals surface area contributed by atoms with Crippen molar-refractivity contribution in [2.24, 2.45) is 0 Å². The number of hydrogen-bond acceptors (Lipinski definition) is 5. The first-order valence-corrected chi connectivity index (χ1v) is 6.20. The maximum atomic E-state index is 10.8. The standard InChI is InChI=1S/C13H13N5O2/c1-3-8-9(7-14)12(16-15-10(8)4-2)18-6-5-11(17-18)13(19)20/h5-6H,3-4H2,1-2H3,(H,19,20). The third kappa shape index (κ3) is 2.23. The lowest BCUT2D eigenvalue weighted by atomic mass is 10.0. The fraction of sp³-hybridized carbons (Fsp3) is 0.308. The summed E-state index contributed by atoms with van der Waals surface area (Å²) in [7, 11) is 0. The van der Waals surface area contributed by atoms with Gasteiger partial charge in [-0.05, 0) is 24.5 Å². The number of nitrogens with zero attached hydrogens (tertiary/aromatic N) is 5. The van der Waals surface area contributed by atoms with Crippen LogP contribution in [0.4, 0.5) is 0 Å². The minimum atomic E-state index is -1.13. The fourth-order valence-corrected chi connectivity index (χ4v) is 2.00. The lowest BCUT2D eigenvalue weighted by Crippen LogP contribution is -2.11. The van der Waals surface area contributed by atoms with Gasteiger partial charge in [-0.25, -0.2) is 9.48 Å². The van der Waals surface area contributed by atoms with Crippen molar-refractivity contribution in [2.75, 3.05) is 0 Å². The summed E-state index contributed by atoms with van der Waals surface area (Å²) in [5.41, 5.74) is 1.89. The highest BCUT2D eigenvalue weighted by molar-refractivity contribution is 5.85. The van der Waals surface area contributed by atoms with Crippen molar-refractivity contribution < 1.29 is 9.90 Å². The Morgan fingerprint density at radius 1 is 1.40 bits per heavy atom. The maximum absolute atomic E-state index is 10.8. The van der Waals surface area contributed by atoms with Gasteiger partial charge in [-0.15, -0.1) is 5.10 Å². The van der Waals surface area contributed by atoms with Crippen LogP contribution in [-0.4, -0.2) is 31.1 Å². The van der Waals surface area contributed by atoms with Gasteiger partial charge in [0.05, 0.1) is 5.69 Å². The number of carboxylic acid groups (broad SMARTS) is 1. The molecule has 0 aliphatic rings. The fourth-order valence-electron chi connectivity index (χ4n) is 2.00. The Hall–Kier alpha value is -2.75. The molecule has 7 nitrogen and oxygen atoms in total. The van der Waals surface area contributed by atoms with Gasteiger partial charge in [0.15, 0.2) is 11.5 Å². The number of aromatic carboxylic acids is 1. The Morgan fingerprint density at radius 2 is 2.15 bits per heavy atom. The van der Waals surface area contributed by atoms with Crippen molar-refractivity contribution in [2.45, 2.75) is 26.7 Å². The lowest BCUT2D eigenvalue weighted by Gasteiger charge is -2.09. The topological polar surface area (TPSA) is 105 Å². The first-order valence-electron chi connectivity index (χ1n) is 6.20. The Balaban J connectivity index is 2.62. The molecule has 20 heavy (non-hydrogen) atoms. The second-order valence-electron chi connectivity index (χ2n) is 4.09. The molecule has 0 spiro atoms. The smallest absolute Gasteiger partial charge is 0.356 e. The molecule has 7 heteroatoms. The molecule has 102 valence electrons. The SMILES string of the molecule is CCc1nnc(-n2ccc(C(=O)O)n2)c(C#N)c1CC. The van der Waals surface area contributed by atoms with Gasteiger partial charge in [-0.2, -0.15) is 15.5 Å². The molecule has 0 saturated heterocycles. The zero-order chi connectivity index (χ0) is 14.7. The molecule has 2 aromatic rings. The van der Waals surface area contributed by atoms with Gasteiger partial charge in [-0.1, -0.05) is 13.8 Å². The highest BCUT2D eigenvalue weighted by atomic mass is 16.4. The van der Waals surface area contributed by atoms with E-state index in [9.17, 15) is 10.1 Å². The monoisotopic (exact) mass is 271 g/mol. The van der Waals surface area contributed by atoms with E-state index in [1.807, 2.05) is 13.8 Å². The van der Waals surface area contributed by atoms with Crippen LogP contribution in [0.1, 0.15) is 41.2 Å². The molecule has 0 atom stereocenters. The van der Waals surface area contributed by atoms with Crippen LogP contribution in [0.25, 0.3) is 5.82 Å². The molecule has 1 N–H and O–H groups in total. The van der Waals surface area contributed by atoms with E-state index in [0.29, 0.717) is 18.4 Å². The molecule has 0 aliphatic heterocycles. The molecule has 2 heterocycles. The molecular weight excluding hydrogens is 258 g/mol. The quantitative estimate of drug-likeness (QED) is 0.900. The predicted octanol–water partition coefficient (Wildman–Crippen LogP) is 1.36. The van der Waals surface area contributed by atoms with Crippen LogP contribution in [-0.2, 0) is 12.8 Å². The van der Waals surface area contributed by atoms with E-state index in [4.69, 9.17) is 5.11 Å². The number of aryl methyl sites for hydroxylation is 1. The first-order chi connectivity index (χ1) is 9.62. The predicted molar refractivity (Wildman–Crippen MR) is 69.6 cm³/mol. The summed E-state index contributed by atoms with van der Waals surface area (Å²) in [6, 6.07) is 3.47. The summed E-state index contributed by atoms with van der Waals surface area (Å²) in [5, 5.41) is 30.2. The van der Waals surface area contributed by atoms with E-state index in [1.165, 1.54) is 16.9 Å². The molecule has 0 bridgehead atoms. The molecule has 0 amide bonds. The second kappa shape index (κ2) is 5.48. The van der Waals surface area contributed by atoms with E-state index >= 15 is 0 Å². The van der Waals surface area contributed by atoms with E-state index in [-0.39, 0.29) is 11.5 Å². The van der Waals surface area contributed by atoms with Crippen molar-refractivity contribution in [1.29, 1.82) is 5.26 Å². The van der Waals surface area contributed by atoms with Gasteiger partial charge in [-0.3, -0.25) is 0 Å². The maximum Gasteiger partial charge on any atom is 0.356 e. The number of carbonyl (C=O) groups is 1. The van der Waals surface area contributed by atoms with Crippen molar-refractivity contribution in [3.05, 3.63) is 34.8 Å². The average molecular weight is 271 g/mol. The average Bonchev–Trinajstić information content (AvgIpc) is 2.95. The molecular formula is C13H13N5O2. The van der Waals surface area contributed by atoms with E-state index in [2.05, 4.69) is 21.4 Å². The van der Waals surface area contributed by atoms with Crippen LogP contribution in [0.5, 0.6) is 0 Å². The molecule has 2 aromatic heterocycles. The number of nitriles is 1. The molecule has 0 aromatic carbocycles. The van der Waals surface area contributed by atoms with Crippen molar-refractivity contribution >= 4 is 5.97 Å². The van der Waals surface area contributed by atoms with Crippen LogP contribution in [0.3, 0.4) is 0 Å². The van der Waals surface area contributed by atoms with Crippen LogP contribution < -0.4 is 0 Å². The van der Waals surface area contributed by atoms with Crippen molar-refractivity contribution in [1.82, 2.24) is 20.0 Å². The minimum Gasteiger partial charge on any atom is -0.476 e. The third-order valence-electron chi connectivity index (χ3n) is 2.96. The van der Waals surface area contributed by atoms with Crippen LogP contribution in [0, 0.1) is 11.3 Å². The summed E-state index contributed by atoms with van der Waals surface area (Å²) < 4.78 is 1.27. The Kier molecular flexibility index (Phi) is 3.75. The number of hydrogen-bond donors (Lipinski definition) is 1. The van der Waals surface area contributed by atoms with Gasteiger partial charge in [0.1, 0.15) is 11.6 Å². The van der Waals surface area contributed by atoms with Crippen LogP contribution >= 0.6 is 0 Å². The molecule has 0 radical (unpaired) electrons. The molecule has 0 aliphatic carbocycles. The normalized spacial score (nSPS) is 10.2. The summed E-state index contributed by atoms with van der Waals surface area (Å²) in [6.45, 7) is 3.88. The highest BCUT2D eigenvalue weighted by Crippen LogP contribution is 2.19. The number of aromatic nitrogens is 4. The Labute approximate surface area is 115 Å². The summed E-state index contributed by atoms with van der Waals surface area (Å²) in [5.74, 6) is -0.870. The second-order valence-corrected chi connectivity index (χ2v) is 4.09. The van der Waals surface area contributed by atoms with E-state index in [0.717, 1.165) is 11.3 Å². The molecule has 2 rings (SSSR count). The third-order valence-corrected chi connectivity index (χ3v) is 2.96. The summed E-state index contributed by atoms with van der Waals surface area (Å²) in [4.78, 5) is 10.8. The largest absolute Gasteiger partial charge is 0.476 e. The van der Waals surface area contributed by atoms with Crippen LogP contribution in [0.15, 0.2) is 12.3 Å². The summed E-state index contributed by atoms with van der Waals surface area (Å²) >= 11 is 0. The molecule has 0 fully saturated rings. The minimum absolute atomic E-state index is 0.103. The van der Waals surface area contributed by atoms with Gasteiger partial charge in [0.25, 0.3) is 0 Å². The van der Waals surface area contributed by atoms with E-state index in [1.54, 1.807) is 0 Å². The van der Waals surface area contributed by atoms with Gasteiger partial charge in [0.2, 0.25) is 0 Å². The zero-order valence-corrected chi connectivity index (χ0v) is 11.2. The van der Waals surface area contributed by atoms with Gasteiger partial charge < -0.3 is 5.11 Å². The first kappa shape index (κ1) is 13.7. The Morgan fingerprint density at radius 3 is 2.65 bits per heavy atom. The van der Waals surface area contributed by atoms with Gasteiger partial charge >= 0.3 is 5.97 Å². The van der Waals surface area contributed by atoms with E-state index < -0.39 is 5.97 Å². The zero-order valence-electron chi connectivity index (χ0n) is 11.2. The molecule has 0 unspecified atom stereocenters. The summed E-state index contributed by atoms with van der Waals surface area (Å²) in [6.07, 6.45) is 2.80. The molecule has 0 saturated carbocycles. The van der Waals surface area contributed by atoms with Crippen LogP contribution in [0.2, 0.25) is 0 Å². The van der Waals surface area contributed by atoms with Crippen molar-refractivity contribution in [3.8, 4) is 11.9 Å². The number of carboxylic acids is 1. The Bertz CT molecular complexity index is 699. The van der Waals surface area contributed by atoms with Crippen molar-refractivity contribution in [3.63, 3.8) is 0 Å². The highest BCUT2D eigenvalue weighted by Gasteiger charge is 2.17. The lowest BCUT2D eigenvalue weighted by molar-refractivity contribution is 0.0690. The number of rotatable bonds is 4.